The molecule has 3 N–H and O–H groups in total. The van der Waals surface area contributed by atoms with Crippen LogP contribution in [0.15, 0.2) is 24.3 Å². The van der Waals surface area contributed by atoms with Gasteiger partial charge in [-0.25, -0.2) is 4.39 Å². The maximum absolute atomic E-state index is 13.6. The van der Waals surface area contributed by atoms with Gasteiger partial charge in [0.2, 0.25) is 0 Å². The van der Waals surface area contributed by atoms with Gasteiger partial charge in [0.05, 0.1) is 0 Å². The van der Waals surface area contributed by atoms with Crippen LogP contribution >= 0.6 is 0 Å². The molecule has 1 aliphatic rings. The first-order valence-corrected chi connectivity index (χ1v) is 5.10. The zero-order valence-corrected chi connectivity index (χ0v) is 8.76. The number of rotatable bonds is 1. The van der Waals surface area contributed by atoms with Crippen molar-refractivity contribution in [2.75, 3.05) is 13.1 Å². The minimum Gasteiger partial charge on any atom is -0.323 e. The van der Waals surface area contributed by atoms with Crippen LogP contribution in [0, 0.1) is 12.7 Å². The summed E-state index contributed by atoms with van der Waals surface area (Å²) in [6.45, 7) is 3.41. The summed E-state index contributed by atoms with van der Waals surface area (Å²) in [6.07, 6.45) is 1.94. The molecule has 0 fully saturated rings. The molecule has 0 aromatic heterocycles. The summed E-state index contributed by atoms with van der Waals surface area (Å²) < 4.78 is 13.6. The van der Waals surface area contributed by atoms with E-state index in [0.717, 1.165) is 17.7 Å². The Balaban J connectivity index is 2.40. The monoisotopic (exact) mass is 206 g/mol. The van der Waals surface area contributed by atoms with Crippen molar-refractivity contribution < 1.29 is 4.39 Å². The van der Waals surface area contributed by atoms with Crippen molar-refractivity contribution in [1.82, 2.24) is 5.32 Å². The SMILES string of the molecule is Cc1ccc(F)c(C2=CC(N)CNC2)c1. The lowest BCUT2D eigenvalue weighted by atomic mass is 9.98. The quantitative estimate of drug-likeness (QED) is 0.730. The van der Waals surface area contributed by atoms with Gasteiger partial charge in [0, 0.05) is 24.7 Å². The number of nitrogens with one attached hydrogen (secondary N) is 1. The molecule has 1 atom stereocenters. The number of hydrogen-bond donors (Lipinski definition) is 2. The number of nitrogens with two attached hydrogens (primary N) is 1. The summed E-state index contributed by atoms with van der Waals surface area (Å²) in [5, 5.41) is 3.17. The second-order valence-corrected chi connectivity index (χ2v) is 3.97. The molecule has 1 unspecified atom stereocenters. The molecule has 1 heterocycles. The van der Waals surface area contributed by atoms with Crippen LogP contribution in [0.3, 0.4) is 0 Å². The number of hydrogen-bond acceptors (Lipinski definition) is 2. The van der Waals surface area contributed by atoms with Crippen LogP contribution in [0.25, 0.3) is 5.57 Å². The molecular formula is C12H15FN2. The predicted octanol–water partition coefficient (Wildman–Crippen LogP) is 1.45. The van der Waals surface area contributed by atoms with Crippen molar-refractivity contribution in [2.24, 2.45) is 5.73 Å². The molecule has 0 spiro atoms. The van der Waals surface area contributed by atoms with Crippen LogP contribution in [0.5, 0.6) is 0 Å². The van der Waals surface area contributed by atoms with Crippen molar-refractivity contribution in [1.29, 1.82) is 0 Å². The van der Waals surface area contributed by atoms with Crippen molar-refractivity contribution in [3.05, 3.63) is 41.2 Å². The largest absolute Gasteiger partial charge is 0.323 e. The Morgan fingerprint density at radius 1 is 1.47 bits per heavy atom. The Bertz CT molecular complexity index is 399. The van der Waals surface area contributed by atoms with Gasteiger partial charge in [0.25, 0.3) is 0 Å². The minimum atomic E-state index is -0.178. The Labute approximate surface area is 89.0 Å². The van der Waals surface area contributed by atoms with E-state index in [-0.39, 0.29) is 11.9 Å². The maximum atomic E-state index is 13.6. The molecule has 80 valence electrons. The molecule has 2 nitrogen and oxygen atoms in total. The van der Waals surface area contributed by atoms with Gasteiger partial charge in [-0.15, -0.1) is 0 Å². The zero-order chi connectivity index (χ0) is 10.8. The molecule has 1 aromatic carbocycles. The smallest absolute Gasteiger partial charge is 0.130 e. The van der Waals surface area contributed by atoms with Crippen LogP contribution in [0.2, 0.25) is 0 Å². The summed E-state index contributed by atoms with van der Waals surface area (Å²) in [4.78, 5) is 0. The maximum Gasteiger partial charge on any atom is 0.130 e. The first-order valence-electron chi connectivity index (χ1n) is 5.10. The molecular weight excluding hydrogens is 191 g/mol. The Morgan fingerprint density at radius 3 is 3.00 bits per heavy atom. The molecule has 0 saturated carbocycles. The van der Waals surface area contributed by atoms with Crippen molar-refractivity contribution in [2.45, 2.75) is 13.0 Å². The summed E-state index contributed by atoms with van der Waals surface area (Å²) in [6, 6.07) is 5.12. The van der Waals surface area contributed by atoms with Crippen LogP contribution in [-0.4, -0.2) is 19.1 Å². The van der Waals surface area contributed by atoms with E-state index in [0.29, 0.717) is 12.1 Å². The van der Waals surface area contributed by atoms with Gasteiger partial charge in [-0.05, 0) is 24.6 Å². The molecule has 3 heteroatoms. The summed E-state index contributed by atoms with van der Waals surface area (Å²) in [7, 11) is 0. The molecule has 0 radical (unpaired) electrons. The fourth-order valence-corrected chi connectivity index (χ4v) is 1.82. The Hall–Kier alpha value is -1.19. The third-order valence-electron chi connectivity index (χ3n) is 2.58. The van der Waals surface area contributed by atoms with Gasteiger partial charge in [0.1, 0.15) is 5.82 Å². The molecule has 0 amide bonds. The average molecular weight is 206 g/mol. The highest BCUT2D eigenvalue weighted by Gasteiger charge is 2.13. The van der Waals surface area contributed by atoms with Crippen molar-refractivity contribution in [3.8, 4) is 0 Å². The molecule has 15 heavy (non-hydrogen) atoms. The fraction of sp³-hybridized carbons (Fsp3) is 0.333. The number of benzene rings is 1. The predicted molar refractivity (Wildman–Crippen MR) is 60.0 cm³/mol. The second-order valence-electron chi connectivity index (χ2n) is 3.97. The van der Waals surface area contributed by atoms with Gasteiger partial charge >= 0.3 is 0 Å². The van der Waals surface area contributed by atoms with E-state index in [9.17, 15) is 4.39 Å². The van der Waals surface area contributed by atoms with E-state index < -0.39 is 0 Å². The highest BCUT2D eigenvalue weighted by molar-refractivity contribution is 5.69. The molecule has 2 rings (SSSR count). The number of aryl methyl sites for hydroxylation is 1. The van der Waals surface area contributed by atoms with Crippen molar-refractivity contribution in [3.63, 3.8) is 0 Å². The van der Waals surface area contributed by atoms with Gasteiger partial charge in [-0.3, -0.25) is 0 Å². The minimum absolute atomic E-state index is 0.0198. The van der Waals surface area contributed by atoms with Gasteiger partial charge in [-0.1, -0.05) is 17.7 Å². The topological polar surface area (TPSA) is 38.0 Å². The first-order chi connectivity index (χ1) is 7.16. The van der Waals surface area contributed by atoms with Gasteiger partial charge in [0.15, 0.2) is 0 Å². The van der Waals surface area contributed by atoms with Gasteiger partial charge < -0.3 is 11.1 Å². The lowest BCUT2D eigenvalue weighted by Crippen LogP contribution is -2.37. The molecule has 1 aromatic rings. The standard InChI is InChI=1S/C12H15FN2/c1-8-2-3-12(13)11(4-8)9-5-10(14)7-15-6-9/h2-5,10,15H,6-7,14H2,1H3. The normalized spacial score (nSPS) is 21.3. The third-order valence-corrected chi connectivity index (χ3v) is 2.58. The van der Waals surface area contributed by atoms with Gasteiger partial charge in [-0.2, -0.15) is 0 Å². The van der Waals surface area contributed by atoms with E-state index in [1.54, 1.807) is 6.07 Å². The Morgan fingerprint density at radius 2 is 2.27 bits per heavy atom. The van der Waals surface area contributed by atoms with E-state index in [1.165, 1.54) is 6.07 Å². The highest BCUT2D eigenvalue weighted by Crippen LogP contribution is 2.21. The number of halogens is 1. The fourth-order valence-electron chi connectivity index (χ4n) is 1.82. The molecule has 1 aliphatic heterocycles. The van der Waals surface area contributed by atoms with E-state index in [2.05, 4.69) is 5.32 Å². The van der Waals surface area contributed by atoms with Crippen LogP contribution < -0.4 is 11.1 Å². The second kappa shape index (κ2) is 4.13. The first kappa shape index (κ1) is 10.3. The van der Waals surface area contributed by atoms with Crippen molar-refractivity contribution >= 4 is 5.57 Å². The summed E-state index contributed by atoms with van der Waals surface area (Å²) in [5.41, 5.74) is 8.47. The lowest BCUT2D eigenvalue weighted by molar-refractivity contribution is 0.616. The molecule has 0 aliphatic carbocycles. The van der Waals surface area contributed by atoms with Crippen LogP contribution in [0.1, 0.15) is 11.1 Å². The zero-order valence-electron chi connectivity index (χ0n) is 8.76. The van der Waals surface area contributed by atoms with Crippen LogP contribution in [-0.2, 0) is 0 Å². The van der Waals surface area contributed by atoms with E-state index >= 15 is 0 Å². The van der Waals surface area contributed by atoms with Crippen LogP contribution in [0.4, 0.5) is 4.39 Å². The molecule has 0 saturated heterocycles. The Kier molecular flexibility index (Phi) is 2.84. The summed E-state index contributed by atoms with van der Waals surface area (Å²) >= 11 is 0. The lowest BCUT2D eigenvalue weighted by Gasteiger charge is -2.20. The summed E-state index contributed by atoms with van der Waals surface area (Å²) in [5.74, 6) is -0.178. The third kappa shape index (κ3) is 2.25. The highest BCUT2D eigenvalue weighted by atomic mass is 19.1. The van der Waals surface area contributed by atoms with E-state index in [4.69, 9.17) is 5.73 Å². The van der Waals surface area contributed by atoms with E-state index in [1.807, 2.05) is 19.1 Å². The average Bonchev–Trinajstić information content (AvgIpc) is 2.22. The molecule has 0 bridgehead atoms.